The second-order valence-electron chi connectivity index (χ2n) is 4.06. The van der Waals surface area contributed by atoms with Gasteiger partial charge in [-0.2, -0.15) is 0 Å². The molecule has 0 fully saturated rings. The Balaban J connectivity index is 5.37. The summed E-state index contributed by atoms with van der Waals surface area (Å²) in [7, 11) is 0. The number of esters is 3. The molecule has 0 spiro atoms. The van der Waals surface area contributed by atoms with Gasteiger partial charge in [0.25, 0.3) is 6.47 Å². The maximum atomic E-state index is 11.3. The first-order chi connectivity index (χ1) is 10.2. The normalized spacial score (nSPS) is 15.7. The van der Waals surface area contributed by atoms with E-state index >= 15 is 0 Å². The van der Waals surface area contributed by atoms with E-state index in [1.54, 1.807) is 22.6 Å². The molecule has 0 saturated heterocycles. The fourth-order valence-corrected chi connectivity index (χ4v) is 2.23. The molecule has 0 saturated carbocycles. The van der Waals surface area contributed by atoms with Crippen molar-refractivity contribution >= 4 is 58.6 Å². The van der Waals surface area contributed by atoms with Gasteiger partial charge in [-0.15, -0.1) is 11.6 Å². The molecule has 0 amide bonds. The van der Waals surface area contributed by atoms with Crippen LogP contribution in [0.3, 0.4) is 0 Å². The van der Waals surface area contributed by atoms with E-state index in [0.29, 0.717) is 0 Å². The largest absolute Gasteiger partial charge is 0.462 e. The van der Waals surface area contributed by atoms with Crippen LogP contribution in [0, 0.1) is 0 Å². The van der Waals surface area contributed by atoms with Crippen molar-refractivity contribution in [1.29, 1.82) is 0 Å². The topological polar surface area (TPSA) is 105 Å². The van der Waals surface area contributed by atoms with Gasteiger partial charge in [-0.3, -0.25) is 19.2 Å². The van der Waals surface area contributed by atoms with Gasteiger partial charge in [0, 0.05) is 20.8 Å². The Kier molecular flexibility index (Phi) is 10.1. The van der Waals surface area contributed by atoms with Crippen molar-refractivity contribution in [3.05, 3.63) is 0 Å². The van der Waals surface area contributed by atoms with Crippen LogP contribution in [0.5, 0.6) is 0 Å². The summed E-state index contributed by atoms with van der Waals surface area (Å²) in [6.07, 6.45) is -3.51. The van der Waals surface area contributed by atoms with Gasteiger partial charge in [-0.25, -0.2) is 0 Å². The molecule has 0 radical (unpaired) electrons. The molecule has 1 unspecified atom stereocenters. The second kappa shape index (κ2) is 10.6. The summed E-state index contributed by atoms with van der Waals surface area (Å²) in [5.41, 5.74) is 0. The van der Waals surface area contributed by atoms with Crippen LogP contribution in [0.1, 0.15) is 20.8 Å². The molecule has 0 rings (SSSR count). The van der Waals surface area contributed by atoms with E-state index in [-0.39, 0.29) is 13.1 Å². The monoisotopic (exact) mass is 450 g/mol. The van der Waals surface area contributed by atoms with Gasteiger partial charge < -0.3 is 18.9 Å². The van der Waals surface area contributed by atoms with Crippen molar-refractivity contribution in [1.82, 2.24) is 0 Å². The molecule has 0 aromatic carbocycles. The lowest BCUT2D eigenvalue weighted by Crippen LogP contribution is -2.49. The van der Waals surface area contributed by atoms with E-state index in [1.807, 2.05) is 0 Å². The summed E-state index contributed by atoms with van der Waals surface area (Å²) in [6, 6.07) is 0. The smallest absolute Gasteiger partial charge is 0.303 e. The minimum Gasteiger partial charge on any atom is -0.462 e. The quantitative estimate of drug-likeness (QED) is 0.168. The van der Waals surface area contributed by atoms with Gasteiger partial charge >= 0.3 is 17.9 Å². The average Bonchev–Trinajstić information content (AvgIpc) is 2.37. The van der Waals surface area contributed by atoms with E-state index in [2.05, 4.69) is 0 Å². The zero-order valence-corrected chi connectivity index (χ0v) is 15.0. The fourth-order valence-electron chi connectivity index (χ4n) is 1.48. The molecule has 0 aliphatic rings. The molecule has 0 aliphatic heterocycles. The van der Waals surface area contributed by atoms with Gasteiger partial charge in [-0.1, -0.05) is 22.6 Å². The number of carbonyl (C=O) groups excluding carboxylic acids is 4. The van der Waals surface area contributed by atoms with Crippen LogP contribution in [-0.2, 0) is 38.1 Å². The van der Waals surface area contributed by atoms with E-state index < -0.39 is 39.6 Å². The number of hydrogen-bond donors (Lipinski definition) is 0. The van der Waals surface area contributed by atoms with Crippen LogP contribution in [0.2, 0.25) is 0 Å². The molecule has 4 atom stereocenters. The molecule has 0 aromatic heterocycles. The third-order valence-corrected chi connectivity index (χ3v) is 3.18. The molecule has 10 heteroatoms. The maximum Gasteiger partial charge on any atom is 0.303 e. The van der Waals surface area contributed by atoms with E-state index in [4.69, 9.17) is 30.5 Å². The summed E-state index contributed by atoms with van der Waals surface area (Å²) < 4.78 is 18.8. The Hall–Kier alpha value is -1.10. The Bertz CT molecular complexity index is 414. The summed E-state index contributed by atoms with van der Waals surface area (Å²) >= 11 is 7.69. The number of alkyl halides is 2. The molecular weight excluding hydrogens is 434 g/mol. The predicted octanol–water partition coefficient (Wildman–Crippen LogP) is 0.954. The van der Waals surface area contributed by atoms with Crippen LogP contribution < -0.4 is 0 Å². The zero-order chi connectivity index (χ0) is 17.3. The van der Waals surface area contributed by atoms with Gasteiger partial charge in [0.1, 0.15) is 9.99 Å². The van der Waals surface area contributed by atoms with E-state index in [1.165, 1.54) is 0 Å². The third-order valence-electron chi connectivity index (χ3n) is 2.22. The second-order valence-corrected chi connectivity index (χ2v) is 6.60. The van der Waals surface area contributed by atoms with Crippen molar-refractivity contribution < 1.29 is 38.1 Å². The fraction of sp³-hybridized carbons (Fsp3) is 0.667. The van der Waals surface area contributed by atoms with Gasteiger partial charge in [0.15, 0.2) is 18.3 Å². The molecule has 0 bridgehead atoms. The minimum absolute atomic E-state index is 0.103. The molecular formula is C12H16ClIO8. The first-order valence-corrected chi connectivity index (χ1v) is 7.72. The predicted molar refractivity (Wildman–Crippen MR) is 82.3 cm³/mol. The average molecular weight is 451 g/mol. The first kappa shape index (κ1) is 20.9. The van der Waals surface area contributed by atoms with Crippen molar-refractivity contribution in [2.24, 2.45) is 0 Å². The lowest BCUT2D eigenvalue weighted by molar-refractivity contribution is -0.183. The molecule has 8 nitrogen and oxygen atoms in total. The highest BCUT2D eigenvalue weighted by Crippen LogP contribution is 2.24. The first-order valence-electron chi connectivity index (χ1n) is 6.04. The van der Waals surface area contributed by atoms with E-state index in [0.717, 1.165) is 20.8 Å². The Morgan fingerprint density at radius 3 is 1.91 bits per heavy atom. The Morgan fingerprint density at radius 2 is 1.55 bits per heavy atom. The van der Waals surface area contributed by atoms with Crippen LogP contribution >= 0.6 is 34.2 Å². The standard InChI is InChI=1S/C12H16ClIO8/c1-6(16)19-4-9(20-5-15)10(21-7(2)17)11(12(13)14)22-8(3)18/h5,9-12H,4H2,1-3H3/t9-,10-,11+,12?/m1/s1. The summed E-state index contributed by atoms with van der Waals surface area (Å²) in [6.45, 7) is 3.15. The SMILES string of the molecule is CC(=O)OC[C@@H](OC=O)[C@@H](OC(C)=O)[C@H](OC(C)=O)C(Cl)I. The maximum absolute atomic E-state index is 11.3. The number of halogens is 2. The van der Waals surface area contributed by atoms with Crippen molar-refractivity contribution in [2.75, 3.05) is 6.61 Å². The van der Waals surface area contributed by atoms with Crippen molar-refractivity contribution in [3.63, 3.8) is 0 Å². The summed E-state index contributed by atoms with van der Waals surface area (Å²) in [4.78, 5) is 43.9. The van der Waals surface area contributed by atoms with Gasteiger partial charge in [0.05, 0.1) is 0 Å². The number of ether oxygens (including phenoxy) is 4. The van der Waals surface area contributed by atoms with Gasteiger partial charge in [0.2, 0.25) is 0 Å². The Morgan fingerprint density at radius 1 is 1.05 bits per heavy atom. The molecule has 0 heterocycles. The highest BCUT2D eigenvalue weighted by Gasteiger charge is 2.40. The van der Waals surface area contributed by atoms with Crippen molar-refractivity contribution in [2.45, 2.75) is 42.5 Å². The van der Waals surface area contributed by atoms with Crippen molar-refractivity contribution in [3.8, 4) is 0 Å². The Labute approximate surface area is 145 Å². The van der Waals surface area contributed by atoms with Crippen LogP contribution in [0.15, 0.2) is 0 Å². The van der Waals surface area contributed by atoms with Crippen LogP contribution in [-0.4, -0.2) is 52.7 Å². The lowest BCUT2D eigenvalue weighted by Gasteiger charge is -2.31. The highest BCUT2D eigenvalue weighted by atomic mass is 127. The number of hydrogen-bond acceptors (Lipinski definition) is 8. The molecule has 0 aliphatic carbocycles. The lowest BCUT2D eigenvalue weighted by atomic mass is 10.1. The summed E-state index contributed by atoms with van der Waals surface area (Å²) in [5, 5.41) is 0. The zero-order valence-electron chi connectivity index (χ0n) is 12.1. The number of rotatable bonds is 9. The molecule has 126 valence electrons. The molecule has 22 heavy (non-hydrogen) atoms. The number of carbonyl (C=O) groups is 4. The molecule has 0 aromatic rings. The highest BCUT2D eigenvalue weighted by molar-refractivity contribution is 14.1. The van der Waals surface area contributed by atoms with Crippen LogP contribution in [0.25, 0.3) is 0 Å². The third kappa shape index (κ3) is 8.37. The van der Waals surface area contributed by atoms with Gasteiger partial charge in [-0.05, 0) is 0 Å². The van der Waals surface area contributed by atoms with Crippen LogP contribution in [0.4, 0.5) is 0 Å². The van der Waals surface area contributed by atoms with E-state index in [9.17, 15) is 19.2 Å². The molecule has 0 N–H and O–H groups in total. The summed E-state index contributed by atoms with van der Waals surface area (Å²) in [5.74, 6) is -2.00. The minimum atomic E-state index is -1.23.